The van der Waals surface area contributed by atoms with Crippen LogP contribution in [0.15, 0.2) is 58.7 Å². The van der Waals surface area contributed by atoms with Crippen LogP contribution in [0.3, 0.4) is 0 Å². The van der Waals surface area contributed by atoms with Crippen molar-refractivity contribution in [3.05, 3.63) is 75.4 Å². The van der Waals surface area contributed by atoms with Crippen molar-refractivity contribution < 1.29 is 86.1 Å². The van der Waals surface area contributed by atoms with Gasteiger partial charge in [-0.1, -0.05) is 0 Å². The molecule has 3 aromatic rings. The zero-order valence-corrected chi connectivity index (χ0v) is 34.4. The Balaban J connectivity index is 0.00000368. The summed E-state index contributed by atoms with van der Waals surface area (Å²) in [5.74, 6) is 4.70. The van der Waals surface area contributed by atoms with Crippen molar-refractivity contribution in [3.63, 3.8) is 0 Å². The molecule has 11 heteroatoms. The summed E-state index contributed by atoms with van der Waals surface area (Å²) in [7, 11) is 6.89. The predicted molar refractivity (Wildman–Crippen MR) is 177 cm³/mol. The third kappa shape index (κ3) is 6.45. The summed E-state index contributed by atoms with van der Waals surface area (Å²) in [5, 5.41) is 3.16. The van der Waals surface area contributed by atoms with Gasteiger partial charge >= 0.3 is 277 Å². The van der Waals surface area contributed by atoms with E-state index in [0.29, 0.717) is 0 Å². The standard InChI is InChI=1S/C36H45O6Si.3ClH.Ti/c1-20-14-27(37-8)17-30(33(20)40-11)43(36-25(6)23(4)24(5)26(36)7,31-18-28(38-9)15-21(2)34(31)41-12)32-19-29(39-10)16-22(3)35(32)42-13;;;;/h14-19H,1-13H3;3*1H;/q;;;;+3/p-3. The third-order valence-corrected chi connectivity index (χ3v) is 18.0. The van der Waals surface area contributed by atoms with Crippen LogP contribution in [0.25, 0.3) is 0 Å². The van der Waals surface area contributed by atoms with Crippen molar-refractivity contribution in [1.82, 2.24) is 0 Å². The van der Waals surface area contributed by atoms with Crippen molar-refractivity contribution in [3.8, 4) is 34.5 Å². The summed E-state index contributed by atoms with van der Waals surface area (Å²) >= 11 is 2.39. The monoisotopic (exact) mass is 754 g/mol. The molecule has 0 spiro atoms. The average molecular weight is 756 g/mol. The van der Waals surface area contributed by atoms with Crippen LogP contribution in [0.4, 0.5) is 0 Å². The fourth-order valence-corrected chi connectivity index (χ4v) is 16.3. The Labute approximate surface area is 312 Å². The second-order valence-electron chi connectivity index (χ2n) is 11.6. The molecule has 0 amide bonds. The largest absolute Gasteiger partial charge is 1.00 e. The molecule has 0 aliphatic heterocycles. The number of aryl methyl sites for hydroxylation is 3. The molecule has 0 N–H and O–H groups in total. The summed E-state index contributed by atoms with van der Waals surface area (Å²) in [6.45, 7) is 15.2. The minimum Gasteiger partial charge on any atom is -1.00 e. The number of methoxy groups -OCH3 is 6. The van der Waals surface area contributed by atoms with Crippen LogP contribution in [0.1, 0.15) is 44.4 Å². The molecule has 254 valence electrons. The van der Waals surface area contributed by atoms with Gasteiger partial charge in [-0.05, 0) is 0 Å². The number of benzene rings is 3. The molecule has 1 aliphatic rings. The third-order valence-electron chi connectivity index (χ3n) is 9.65. The van der Waals surface area contributed by atoms with E-state index in [4.69, 9.17) is 28.4 Å². The summed E-state index contributed by atoms with van der Waals surface area (Å²) in [4.78, 5) is 0. The summed E-state index contributed by atoms with van der Waals surface area (Å²) in [5.41, 5.74) is 8.12. The van der Waals surface area contributed by atoms with Gasteiger partial charge in [-0.3, -0.25) is 0 Å². The molecule has 0 bridgehead atoms. The second kappa shape index (κ2) is 16.4. The molecular weight excluding hydrogens is 711 g/mol. The van der Waals surface area contributed by atoms with Crippen LogP contribution >= 0.6 is 0 Å². The van der Waals surface area contributed by atoms with Crippen LogP contribution in [-0.4, -0.2) is 50.7 Å². The minimum absolute atomic E-state index is 0. The van der Waals surface area contributed by atoms with Gasteiger partial charge in [0.25, 0.3) is 0 Å². The van der Waals surface area contributed by atoms with E-state index in [9.17, 15) is 0 Å². The number of allylic oxidation sites excluding steroid dienone is 4. The van der Waals surface area contributed by atoms with Gasteiger partial charge in [-0.25, -0.2) is 0 Å². The molecule has 0 heterocycles. The first kappa shape index (κ1) is 42.8. The molecule has 0 fully saturated rings. The molecule has 0 radical (unpaired) electrons. The molecule has 47 heavy (non-hydrogen) atoms. The van der Waals surface area contributed by atoms with Crippen molar-refractivity contribution in [2.45, 2.75) is 51.8 Å². The molecule has 0 saturated heterocycles. The smallest absolute Gasteiger partial charge is 1.00 e. The number of halogens is 3. The Bertz CT molecular complexity index is 1510. The number of hydrogen-bond donors (Lipinski definition) is 0. The molecule has 0 aromatic heterocycles. The summed E-state index contributed by atoms with van der Waals surface area (Å²) in [6.07, 6.45) is 0. The van der Waals surface area contributed by atoms with Crippen molar-refractivity contribution in [2.75, 3.05) is 42.7 Å². The Kier molecular flexibility index (Phi) is 14.9. The van der Waals surface area contributed by atoms with Gasteiger partial charge in [0.2, 0.25) is 0 Å². The first-order valence-corrected chi connectivity index (χ1v) is 17.4. The zero-order valence-electron chi connectivity index (χ0n) is 29.5. The number of ether oxygens (including phenoxy) is 6. The minimum atomic E-state index is -3.49. The van der Waals surface area contributed by atoms with E-state index in [1.165, 1.54) is 22.3 Å². The quantitative estimate of drug-likeness (QED) is 0.164. The van der Waals surface area contributed by atoms with Crippen LogP contribution in [0.5, 0.6) is 34.5 Å². The fraction of sp³-hybridized carbons (Fsp3) is 0.389. The van der Waals surface area contributed by atoms with Crippen molar-refractivity contribution in [2.24, 2.45) is 0 Å². The first-order valence-electron chi connectivity index (χ1n) is 14.6. The maximum atomic E-state index is 6.38. The maximum Gasteiger partial charge on any atom is -1.00 e. The first-order chi connectivity index (χ1) is 20.8. The van der Waals surface area contributed by atoms with Gasteiger partial charge in [0.15, 0.2) is 0 Å². The molecule has 0 atom stereocenters. The van der Waals surface area contributed by atoms with Crippen LogP contribution in [0.2, 0.25) is 3.34 Å². The SMILES string of the molecule is COc1cc(C)c(OC)c([Si](c2cc(OC)cc(C)c2OC)(c2cc(OC)cc(C)c2OC)[C]2([Ti+3])C(C)=C(C)C(C)=C2C)c1.[Cl-].[Cl-].[Cl-]. The van der Waals surface area contributed by atoms with Gasteiger partial charge < -0.3 is 37.2 Å². The molecule has 0 unspecified atom stereocenters. The Morgan fingerprint density at radius 1 is 0.447 bits per heavy atom. The van der Waals surface area contributed by atoms with E-state index >= 15 is 0 Å². The number of hydrogen-bond acceptors (Lipinski definition) is 6. The Hall–Kier alpha value is -2.26. The van der Waals surface area contributed by atoms with E-state index in [-0.39, 0.29) is 37.2 Å². The van der Waals surface area contributed by atoms with E-state index < -0.39 is 11.4 Å². The molecule has 1 aliphatic carbocycles. The van der Waals surface area contributed by atoms with E-state index in [1.54, 1.807) is 42.7 Å². The van der Waals surface area contributed by atoms with Crippen LogP contribution in [-0.2, 0) is 20.4 Å². The Morgan fingerprint density at radius 3 is 0.915 bits per heavy atom. The molecular formula is C36H45Cl3O6SiTi. The average Bonchev–Trinajstić information content (AvgIpc) is 3.16. The zero-order chi connectivity index (χ0) is 32.7. The second-order valence-corrected chi connectivity index (χ2v) is 17.4. The van der Waals surface area contributed by atoms with Crippen molar-refractivity contribution in [1.29, 1.82) is 0 Å². The van der Waals surface area contributed by atoms with E-state index in [1.807, 2.05) is 18.2 Å². The predicted octanol–water partition coefficient (Wildman–Crippen LogP) is -2.92. The molecule has 3 aromatic carbocycles. The van der Waals surface area contributed by atoms with Crippen molar-refractivity contribution >= 4 is 23.6 Å². The van der Waals surface area contributed by atoms with Crippen LogP contribution in [0, 0.1) is 20.8 Å². The summed E-state index contributed by atoms with van der Waals surface area (Å²) < 4.78 is 36.5. The fourth-order valence-electron chi connectivity index (χ4n) is 7.23. The van der Waals surface area contributed by atoms with Gasteiger partial charge in [-0.2, -0.15) is 0 Å². The topological polar surface area (TPSA) is 55.4 Å². The van der Waals surface area contributed by atoms with Gasteiger partial charge in [0.1, 0.15) is 0 Å². The Morgan fingerprint density at radius 2 is 0.702 bits per heavy atom. The normalized spacial score (nSPS) is 13.7. The van der Waals surface area contributed by atoms with E-state index in [0.717, 1.165) is 66.7 Å². The van der Waals surface area contributed by atoms with Gasteiger partial charge in [0, 0.05) is 0 Å². The van der Waals surface area contributed by atoms with Gasteiger partial charge in [-0.15, -0.1) is 0 Å². The van der Waals surface area contributed by atoms with E-state index in [2.05, 4.69) is 87.1 Å². The van der Waals surface area contributed by atoms with Crippen LogP contribution < -0.4 is 81.2 Å². The number of rotatable bonds is 10. The maximum absolute atomic E-state index is 6.38. The molecule has 0 saturated carbocycles. The molecule has 6 nitrogen and oxygen atoms in total. The summed E-state index contributed by atoms with van der Waals surface area (Å²) in [6, 6.07) is 12.6. The molecule has 4 rings (SSSR count). The van der Waals surface area contributed by atoms with Gasteiger partial charge in [0.05, 0.1) is 0 Å².